The topological polar surface area (TPSA) is 334 Å². The molecule has 0 saturated carbocycles. The molecule has 342 valence electrons. The van der Waals surface area contributed by atoms with Crippen molar-refractivity contribution in [1.29, 1.82) is 0 Å². The number of carbonyl (C=O) groups excluding carboxylic acids is 8. The lowest BCUT2D eigenvalue weighted by Gasteiger charge is -2.28. The van der Waals surface area contributed by atoms with Gasteiger partial charge in [-0.3, -0.25) is 38.6 Å². The number of nitrogens with zero attached hydrogens (tertiary/aromatic N) is 2. The Labute approximate surface area is 361 Å². The number of nitrogens with two attached hydrogens (primary N) is 2. The lowest BCUT2D eigenvalue weighted by molar-refractivity contribution is -0.136. The van der Waals surface area contributed by atoms with Gasteiger partial charge in [0.2, 0.25) is 41.4 Å². The number of aliphatic imine (C=N–C) groups is 1. The summed E-state index contributed by atoms with van der Waals surface area (Å²) in [6.45, 7) is 9.45. The van der Waals surface area contributed by atoms with Crippen LogP contribution in [0.25, 0.3) is 0 Å². The molecule has 0 unspecified atom stereocenters. The molecule has 1 heterocycles. The lowest BCUT2D eigenvalue weighted by Crippen LogP contribution is -2.60. The summed E-state index contributed by atoms with van der Waals surface area (Å²) >= 11 is 0. The van der Waals surface area contributed by atoms with Crippen LogP contribution in [0.3, 0.4) is 0 Å². The first-order chi connectivity index (χ1) is 29.3. The fourth-order valence-corrected chi connectivity index (χ4v) is 6.20. The number of nitrogens with one attached hydrogen (secondary N) is 8. The van der Waals surface area contributed by atoms with Gasteiger partial charge in [-0.2, -0.15) is 0 Å². The average Bonchev–Trinajstić information content (AvgIpc) is 3.72. The van der Waals surface area contributed by atoms with Gasteiger partial charge in [0.25, 0.3) is 0 Å². The second-order valence-corrected chi connectivity index (χ2v) is 15.8. The number of amides is 7. The van der Waals surface area contributed by atoms with Crippen molar-refractivity contribution < 1.29 is 43.5 Å². The maximum absolute atomic E-state index is 14.2. The van der Waals surface area contributed by atoms with E-state index in [-0.39, 0.29) is 56.4 Å². The van der Waals surface area contributed by atoms with Crippen LogP contribution in [0.1, 0.15) is 78.5 Å². The molecular weight excluding hydrogens is 805 g/mol. The first-order valence-corrected chi connectivity index (χ1v) is 20.5. The predicted octanol–water partition coefficient (Wildman–Crippen LogP) is -2.03. The minimum absolute atomic E-state index is 0.00391. The van der Waals surface area contributed by atoms with E-state index < -0.39 is 90.3 Å². The summed E-state index contributed by atoms with van der Waals surface area (Å²) in [7, 11) is 0. The molecule has 13 N–H and O–H groups in total. The van der Waals surface area contributed by atoms with Crippen molar-refractivity contribution in [3.8, 4) is 0 Å². The zero-order valence-electron chi connectivity index (χ0n) is 36.2. The summed E-state index contributed by atoms with van der Waals surface area (Å²) in [4.78, 5) is 116. The number of imidazole rings is 1. The van der Waals surface area contributed by atoms with Crippen LogP contribution in [0, 0.1) is 11.8 Å². The minimum Gasteiger partial charge on any atom is -0.394 e. The molecule has 1 aromatic carbocycles. The summed E-state index contributed by atoms with van der Waals surface area (Å²) < 4.78 is 0. The SMILES string of the molecule is CC(=O)N[C@@H](CO)C(=O)N[C@@H](Cc1cnc[nH]1)C(=O)N[C@@H](CC(C)C)C(=O)N[C@@H](Cc1ccccc1)C(=O)N[C@@H](CC(C)C)C(=O)N[C@@H](C)C(=O)N[C@H](C=O)CCCN=C(N)N. The fraction of sp³-hybridized carbons (Fsp3) is 0.561. The highest BCUT2D eigenvalue weighted by atomic mass is 16.3. The zero-order valence-corrected chi connectivity index (χ0v) is 36.2. The van der Waals surface area contributed by atoms with Crippen LogP contribution in [-0.2, 0) is 51.2 Å². The number of hydrogen-bond donors (Lipinski definition) is 11. The van der Waals surface area contributed by atoms with Gasteiger partial charge in [-0.15, -0.1) is 0 Å². The molecule has 21 nitrogen and oxygen atoms in total. The van der Waals surface area contributed by atoms with Crippen LogP contribution < -0.4 is 48.7 Å². The van der Waals surface area contributed by atoms with Crippen molar-refractivity contribution in [3.05, 3.63) is 54.1 Å². The van der Waals surface area contributed by atoms with E-state index in [4.69, 9.17) is 11.5 Å². The highest BCUT2D eigenvalue weighted by molar-refractivity contribution is 5.97. The monoisotopic (exact) mass is 868 g/mol. The van der Waals surface area contributed by atoms with Crippen molar-refractivity contribution in [2.24, 2.45) is 28.3 Å². The summed E-state index contributed by atoms with van der Waals surface area (Å²) in [5.74, 6) is -5.28. The quantitative estimate of drug-likeness (QED) is 0.0200. The van der Waals surface area contributed by atoms with Crippen LogP contribution in [0.4, 0.5) is 0 Å². The lowest BCUT2D eigenvalue weighted by atomic mass is 9.99. The second kappa shape index (κ2) is 26.7. The van der Waals surface area contributed by atoms with Crippen molar-refractivity contribution in [2.45, 2.75) is 122 Å². The Morgan fingerprint density at radius 1 is 0.710 bits per heavy atom. The van der Waals surface area contributed by atoms with Gasteiger partial charge in [0.1, 0.15) is 42.5 Å². The molecule has 0 fully saturated rings. The van der Waals surface area contributed by atoms with E-state index in [2.05, 4.69) is 52.2 Å². The third kappa shape index (κ3) is 19.3. The zero-order chi connectivity index (χ0) is 46.4. The largest absolute Gasteiger partial charge is 0.394 e. The minimum atomic E-state index is -1.35. The maximum atomic E-state index is 14.2. The van der Waals surface area contributed by atoms with E-state index >= 15 is 0 Å². The molecule has 2 aromatic rings. The van der Waals surface area contributed by atoms with Crippen molar-refractivity contribution in [3.63, 3.8) is 0 Å². The number of guanidine groups is 1. The fourth-order valence-electron chi connectivity index (χ4n) is 6.20. The number of aldehydes is 1. The Balaban J connectivity index is 2.33. The van der Waals surface area contributed by atoms with Gasteiger partial charge >= 0.3 is 0 Å². The number of benzene rings is 1. The molecule has 0 radical (unpaired) electrons. The molecule has 2 rings (SSSR count). The first-order valence-electron chi connectivity index (χ1n) is 20.5. The van der Waals surface area contributed by atoms with Gasteiger partial charge in [-0.1, -0.05) is 58.0 Å². The maximum Gasteiger partial charge on any atom is 0.245 e. The predicted molar refractivity (Wildman–Crippen MR) is 229 cm³/mol. The standard InChI is InChI=1S/C41H64N12O9/c1-23(2)15-30(36(58)47-25(5)35(57)49-28(20-54)13-10-14-45-41(42)43)50-38(60)32(17-27-11-8-7-9-12-27)52-37(59)31(16-24(3)4)51-39(61)33(18-29-19-44-22-46-29)53-40(62)34(21-55)48-26(6)56/h7-9,11-12,19-20,22-25,28,30-34,55H,10,13-18,21H2,1-6H3,(H,44,46)(H,47,58)(H,48,56)(H,49,57)(H,50,60)(H,51,61)(H,52,59)(H,53,62)(H4,42,43,45)/t25-,28-,30-,31-,32-,33-,34-/m0/s1. The summed E-state index contributed by atoms with van der Waals surface area (Å²) in [6.07, 6.45) is 4.24. The number of aromatic nitrogens is 2. The third-order valence-electron chi connectivity index (χ3n) is 9.30. The van der Waals surface area contributed by atoms with Crippen LogP contribution in [0.5, 0.6) is 0 Å². The molecule has 0 bridgehead atoms. The number of hydrogen-bond acceptors (Lipinski definition) is 11. The molecule has 7 amide bonds. The van der Waals surface area contributed by atoms with Gasteiger partial charge < -0.3 is 63.6 Å². The van der Waals surface area contributed by atoms with Gasteiger partial charge in [0.05, 0.1) is 19.0 Å². The second-order valence-electron chi connectivity index (χ2n) is 15.8. The molecule has 0 aliphatic heterocycles. The van der Waals surface area contributed by atoms with E-state index in [9.17, 15) is 43.5 Å². The first kappa shape index (κ1) is 51.8. The van der Waals surface area contributed by atoms with Crippen LogP contribution in [-0.4, -0.2) is 124 Å². The van der Waals surface area contributed by atoms with Crippen molar-refractivity contribution >= 4 is 53.6 Å². The Kier molecular flexibility index (Phi) is 22.3. The number of aliphatic hydroxyl groups is 1. The Morgan fingerprint density at radius 3 is 1.71 bits per heavy atom. The van der Waals surface area contributed by atoms with E-state index in [1.807, 2.05) is 27.7 Å². The van der Waals surface area contributed by atoms with Gasteiger partial charge in [0, 0.05) is 38.2 Å². The van der Waals surface area contributed by atoms with E-state index in [0.29, 0.717) is 24.0 Å². The number of aliphatic hydroxyl groups excluding tert-OH is 1. The number of H-pyrrole nitrogens is 1. The molecule has 7 atom stereocenters. The summed E-state index contributed by atoms with van der Waals surface area (Å²) in [5, 5.41) is 28.0. The van der Waals surface area contributed by atoms with Crippen LogP contribution in [0.15, 0.2) is 47.8 Å². The Morgan fingerprint density at radius 2 is 1.23 bits per heavy atom. The van der Waals surface area contributed by atoms with Gasteiger partial charge in [0.15, 0.2) is 5.96 Å². The van der Waals surface area contributed by atoms with Gasteiger partial charge in [-0.25, -0.2) is 4.98 Å². The Bertz CT molecular complexity index is 1800. The van der Waals surface area contributed by atoms with E-state index in [1.165, 1.54) is 26.4 Å². The van der Waals surface area contributed by atoms with Crippen LogP contribution in [0.2, 0.25) is 0 Å². The molecule has 21 heteroatoms. The molecule has 1 aromatic heterocycles. The van der Waals surface area contributed by atoms with E-state index in [0.717, 1.165) is 0 Å². The number of rotatable bonds is 27. The number of carbonyl (C=O) groups is 8. The van der Waals surface area contributed by atoms with Crippen molar-refractivity contribution in [2.75, 3.05) is 13.2 Å². The summed E-state index contributed by atoms with van der Waals surface area (Å²) in [6, 6.07) is 0.602. The van der Waals surface area contributed by atoms with Crippen molar-refractivity contribution in [1.82, 2.24) is 47.2 Å². The average molecular weight is 869 g/mol. The smallest absolute Gasteiger partial charge is 0.245 e. The van der Waals surface area contributed by atoms with E-state index in [1.54, 1.807) is 30.3 Å². The van der Waals surface area contributed by atoms with Gasteiger partial charge in [-0.05, 0) is 50.0 Å². The third-order valence-corrected chi connectivity index (χ3v) is 9.30. The molecule has 62 heavy (non-hydrogen) atoms. The normalized spacial score (nSPS) is 14.4. The molecule has 0 spiro atoms. The molecule has 0 saturated heterocycles. The Hall–Kier alpha value is -6.38. The highest BCUT2D eigenvalue weighted by Crippen LogP contribution is 2.12. The number of aromatic amines is 1. The molecule has 0 aliphatic carbocycles. The summed E-state index contributed by atoms with van der Waals surface area (Å²) in [5.41, 5.74) is 11.8. The highest BCUT2D eigenvalue weighted by Gasteiger charge is 2.34. The molecule has 0 aliphatic rings. The van der Waals surface area contributed by atoms with Crippen LogP contribution >= 0.6 is 0 Å². The molecular formula is C41H64N12O9.